The highest BCUT2D eigenvalue weighted by atomic mass is 16.5. The van der Waals surface area contributed by atoms with Crippen LogP contribution in [-0.4, -0.2) is 123 Å². The van der Waals surface area contributed by atoms with Crippen molar-refractivity contribution in [3.8, 4) is 11.1 Å². The van der Waals surface area contributed by atoms with E-state index in [4.69, 9.17) is 26.7 Å². The number of esters is 1. The fraction of sp³-hybridized carbons (Fsp3) is 0.547. The molecule has 21 heteroatoms. The second kappa shape index (κ2) is 39.1. The van der Waals surface area contributed by atoms with Crippen LogP contribution >= 0.6 is 0 Å². The summed E-state index contributed by atoms with van der Waals surface area (Å²) in [7, 11) is 0. The SMILES string of the molecule is C=CCOC(=O)[C@H](CCC(N)=O)NC(=O)[C@H](CC(C)C)NC(=O)[C@H](CCCCN)NC(=O)[C@H](CCCCN)NC(=O)[C@H](Cc1ccccc1)NC(=O)[C@H](CCCCNC(=O)CCCCCCC)NC(=O)OCC1c2ccccc2-c2ccccc21. The van der Waals surface area contributed by atoms with Crippen LogP contribution in [0, 0.1) is 5.92 Å². The third kappa shape index (κ3) is 25.2. The molecule has 6 atom stereocenters. The molecule has 466 valence electrons. The van der Waals surface area contributed by atoms with Crippen LogP contribution in [0.5, 0.6) is 0 Å². The zero-order chi connectivity index (χ0) is 61.9. The van der Waals surface area contributed by atoms with Gasteiger partial charge in [-0.15, -0.1) is 0 Å². The second-order valence-corrected chi connectivity index (χ2v) is 22.2. The smallest absolute Gasteiger partial charge is 0.407 e. The number of primary amides is 1. The van der Waals surface area contributed by atoms with Gasteiger partial charge >= 0.3 is 12.1 Å². The highest BCUT2D eigenvalue weighted by molar-refractivity contribution is 5.97. The number of carbonyl (C=O) groups is 9. The van der Waals surface area contributed by atoms with E-state index in [1.165, 1.54) is 6.08 Å². The van der Waals surface area contributed by atoms with Crippen molar-refractivity contribution in [1.29, 1.82) is 0 Å². The van der Waals surface area contributed by atoms with E-state index in [0.29, 0.717) is 63.6 Å². The van der Waals surface area contributed by atoms with E-state index in [2.05, 4.69) is 50.7 Å². The number of alkyl carbamates (subject to hydrolysis) is 1. The number of ether oxygens (including phenoxy) is 2. The number of carbonyl (C=O) groups excluding carboxylic acids is 9. The van der Waals surface area contributed by atoms with E-state index in [9.17, 15) is 43.2 Å². The molecular weight excluding hydrogens is 1080 g/mol. The lowest BCUT2D eigenvalue weighted by Crippen LogP contribution is -2.60. The van der Waals surface area contributed by atoms with E-state index in [1.54, 1.807) is 24.3 Å². The Bertz CT molecular complexity index is 2570. The Morgan fingerprint density at radius 1 is 0.541 bits per heavy atom. The third-order valence-corrected chi connectivity index (χ3v) is 14.7. The standard InChI is InChI=1S/C64H94N10O11/c1-5-7-8-9-13-33-57(76)68-38-23-20-32-52(74-64(83)85-42-49-47-28-16-14-26-45(47)46-27-15-17-29-48(46)49)60(79)73-55(41-44-24-11-10-12-25-44)62(81)70-50(30-18-21-36-65)58(77)69-51(31-19-22-37-66)59(78)72-54(40-43(3)4)61(80)71-53(34-35-56(67)75)63(82)84-39-6-2/h6,10-12,14-17,24-29,43,49-55H,2,5,7-9,13,18-23,30-42,65-66H2,1,3-4H3,(H2,67,75)(H,68,76)(H,69,77)(H,70,81)(H,71,80)(H,72,78)(H,73,79)(H,74,83)/t50-,51-,52-,53-,54-,55-/m0/s1. The molecule has 0 saturated heterocycles. The maximum Gasteiger partial charge on any atom is 0.407 e. The molecule has 0 aromatic heterocycles. The zero-order valence-electron chi connectivity index (χ0n) is 50.1. The molecule has 0 unspecified atom stereocenters. The van der Waals surface area contributed by atoms with Crippen molar-refractivity contribution in [2.24, 2.45) is 23.1 Å². The van der Waals surface area contributed by atoms with Gasteiger partial charge in [0, 0.05) is 31.7 Å². The van der Waals surface area contributed by atoms with E-state index < -0.39 is 83.8 Å². The topological polar surface area (TPSA) is 334 Å². The first-order valence-corrected chi connectivity index (χ1v) is 30.4. The Hall–Kier alpha value is -7.65. The Kier molecular flexibility index (Phi) is 32.1. The summed E-state index contributed by atoms with van der Waals surface area (Å²) in [4.78, 5) is 123. The minimum atomic E-state index is -1.29. The molecule has 0 saturated carbocycles. The Balaban J connectivity index is 1.58. The minimum absolute atomic E-state index is 0.0104. The normalized spacial score (nSPS) is 13.7. The molecule has 21 nitrogen and oxygen atoms in total. The predicted octanol–water partition coefficient (Wildman–Crippen LogP) is 5.51. The monoisotopic (exact) mass is 1180 g/mol. The maximum absolute atomic E-state index is 14.8. The first-order chi connectivity index (χ1) is 41.0. The molecule has 0 bridgehead atoms. The van der Waals surface area contributed by atoms with Gasteiger partial charge in [0.2, 0.25) is 41.4 Å². The fourth-order valence-electron chi connectivity index (χ4n) is 10.2. The van der Waals surface area contributed by atoms with Crippen molar-refractivity contribution in [1.82, 2.24) is 37.2 Å². The highest BCUT2D eigenvalue weighted by Crippen LogP contribution is 2.44. The number of nitrogens with two attached hydrogens (primary N) is 3. The molecule has 85 heavy (non-hydrogen) atoms. The van der Waals surface area contributed by atoms with Gasteiger partial charge in [-0.05, 0) is 124 Å². The molecule has 0 radical (unpaired) electrons. The lowest BCUT2D eigenvalue weighted by molar-refractivity contribution is -0.147. The van der Waals surface area contributed by atoms with Crippen LogP contribution in [0.4, 0.5) is 4.79 Å². The van der Waals surface area contributed by atoms with Crippen molar-refractivity contribution < 1.29 is 52.6 Å². The van der Waals surface area contributed by atoms with E-state index in [0.717, 1.165) is 54.4 Å². The minimum Gasteiger partial charge on any atom is -0.460 e. The van der Waals surface area contributed by atoms with Gasteiger partial charge < -0.3 is 63.9 Å². The van der Waals surface area contributed by atoms with Gasteiger partial charge in [0.05, 0.1) is 0 Å². The summed E-state index contributed by atoms with van der Waals surface area (Å²) in [6, 6.07) is 17.4. The predicted molar refractivity (Wildman–Crippen MR) is 327 cm³/mol. The Morgan fingerprint density at radius 3 is 1.59 bits per heavy atom. The summed E-state index contributed by atoms with van der Waals surface area (Å²) >= 11 is 0. The van der Waals surface area contributed by atoms with Crippen LogP contribution in [0.2, 0.25) is 0 Å². The molecule has 0 fully saturated rings. The lowest BCUT2D eigenvalue weighted by atomic mass is 9.98. The van der Waals surface area contributed by atoms with Gasteiger partial charge in [-0.1, -0.05) is 138 Å². The van der Waals surface area contributed by atoms with Gasteiger partial charge in [-0.2, -0.15) is 0 Å². The van der Waals surface area contributed by atoms with Gasteiger partial charge in [0.15, 0.2) is 0 Å². The summed E-state index contributed by atoms with van der Waals surface area (Å²) in [5, 5.41) is 19.6. The van der Waals surface area contributed by atoms with Crippen molar-refractivity contribution in [3.05, 3.63) is 108 Å². The van der Waals surface area contributed by atoms with Crippen molar-refractivity contribution in [3.63, 3.8) is 0 Å². The highest BCUT2D eigenvalue weighted by Gasteiger charge is 2.35. The van der Waals surface area contributed by atoms with Gasteiger partial charge in [-0.3, -0.25) is 33.6 Å². The average molecular weight is 1180 g/mol. The lowest BCUT2D eigenvalue weighted by Gasteiger charge is -2.28. The van der Waals surface area contributed by atoms with E-state index >= 15 is 0 Å². The van der Waals surface area contributed by atoms with Crippen molar-refractivity contribution >= 4 is 53.4 Å². The van der Waals surface area contributed by atoms with Gasteiger partial charge in [-0.25, -0.2) is 9.59 Å². The van der Waals surface area contributed by atoms with Crippen LogP contribution in [-0.2, 0) is 54.3 Å². The number of hydrogen-bond donors (Lipinski definition) is 10. The van der Waals surface area contributed by atoms with Crippen LogP contribution in [0.25, 0.3) is 11.1 Å². The third-order valence-electron chi connectivity index (χ3n) is 14.7. The van der Waals surface area contributed by atoms with Crippen LogP contribution < -0.4 is 54.4 Å². The molecule has 0 spiro atoms. The summed E-state index contributed by atoms with van der Waals surface area (Å²) in [6.07, 6.45) is 8.70. The number of benzene rings is 3. The molecule has 8 amide bonds. The summed E-state index contributed by atoms with van der Waals surface area (Å²) in [5.74, 6) is -5.56. The van der Waals surface area contributed by atoms with E-state index in [1.807, 2.05) is 68.4 Å². The number of fused-ring (bicyclic) bond motifs is 3. The molecule has 1 aliphatic rings. The number of amides is 8. The molecule has 3 aromatic rings. The molecule has 1 aliphatic carbocycles. The molecule has 3 aromatic carbocycles. The Morgan fingerprint density at radius 2 is 1.04 bits per heavy atom. The van der Waals surface area contributed by atoms with Crippen molar-refractivity contribution in [2.75, 3.05) is 32.8 Å². The molecular formula is C64H94N10O11. The van der Waals surface area contributed by atoms with Crippen LogP contribution in [0.15, 0.2) is 91.5 Å². The van der Waals surface area contributed by atoms with Crippen LogP contribution in [0.3, 0.4) is 0 Å². The first kappa shape index (κ1) is 69.8. The first-order valence-electron chi connectivity index (χ1n) is 30.4. The fourth-order valence-corrected chi connectivity index (χ4v) is 10.2. The number of unbranched alkanes of at least 4 members (excludes halogenated alkanes) is 7. The quantitative estimate of drug-likeness (QED) is 0.0190. The van der Waals surface area contributed by atoms with Crippen LogP contribution in [0.1, 0.15) is 159 Å². The zero-order valence-corrected chi connectivity index (χ0v) is 50.1. The largest absolute Gasteiger partial charge is 0.460 e. The molecule has 4 rings (SSSR count). The average Bonchev–Trinajstić information content (AvgIpc) is 2.15. The van der Waals surface area contributed by atoms with E-state index in [-0.39, 0.29) is 82.4 Å². The molecule has 0 aliphatic heterocycles. The van der Waals surface area contributed by atoms with Gasteiger partial charge in [0.1, 0.15) is 49.5 Å². The summed E-state index contributed by atoms with van der Waals surface area (Å²) in [6.45, 7) is 10.1. The summed E-state index contributed by atoms with van der Waals surface area (Å²) < 4.78 is 11.1. The number of hydrogen-bond acceptors (Lipinski definition) is 13. The number of nitrogens with one attached hydrogen (secondary N) is 7. The summed E-state index contributed by atoms with van der Waals surface area (Å²) in [5.41, 5.74) is 21.9. The molecule has 0 heterocycles. The maximum atomic E-state index is 14.8. The Labute approximate surface area is 501 Å². The second-order valence-electron chi connectivity index (χ2n) is 22.2. The van der Waals surface area contributed by atoms with Gasteiger partial charge in [0.25, 0.3) is 0 Å². The molecule has 13 N–H and O–H groups in total. The number of rotatable bonds is 42. The van der Waals surface area contributed by atoms with Crippen molar-refractivity contribution in [2.45, 2.75) is 185 Å².